The maximum Gasteiger partial charge on any atom is 0.174 e. The second kappa shape index (κ2) is 7.47. The van der Waals surface area contributed by atoms with E-state index in [4.69, 9.17) is 5.11 Å². The second-order valence-electron chi connectivity index (χ2n) is 10.2. The molecule has 3 saturated carbocycles. The SMILES string of the molecule is C[C@]12CCC(=O)C=C1CC[C@H]1[C@H]2[C@@H](O)C[C@@]2(C)[C@@H]1CC[C@]2(O)C(=O)CSCCO. The van der Waals surface area contributed by atoms with Gasteiger partial charge in [0.25, 0.3) is 0 Å². The minimum Gasteiger partial charge on any atom is -0.396 e. The van der Waals surface area contributed by atoms with Crippen LogP contribution in [0, 0.1) is 28.6 Å². The fourth-order valence-electron chi connectivity index (χ4n) is 7.50. The van der Waals surface area contributed by atoms with E-state index in [-0.39, 0.29) is 47.1 Å². The Morgan fingerprint density at radius 1 is 1.24 bits per heavy atom. The van der Waals surface area contributed by atoms with Crippen molar-refractivity contribution in [3.8, 4) is 0 Å². The van der Waals surface area contributed by atoms with Gasteiger partial charge in [-0.2, -0.15) is 11.8 Å². The molecule has 5 nitrogen and oxygen atoms in total. The van der Waals surface area contributed by atoms with Crippen molar-refractivity contribution in [2.45, 2.75) is 70.5 Å². The van der Waals surface area contributed by atoms with Gasteiger partial charge < -0.3 is 15.3 Å². The van der Waals surface area contributed by atoms with Crippen molar-refractivity contribution >= 4 is 23.3 Å². The molecule has 0 aromatic heterocycles. The molecule has 3 N–H and O–H groups in total. The molecule has 4 aliphatic rings. The molecule has 29 heavy (non-hydrogen) atoms. The van der Waals surface area contributed by atoms with Gasteiger partial charge in [0.15, 0.2) is 11.6 Å². The molecule has 6 heteroatoms. The Morgan fingerprint density at radius 3 is 2.72 bits per heavy atom. The summed E-state index contributed by atoms with van der Waals surface area (Å²) < 4.78 is 0. The lowest BCUT2D eigenvalue weighted by molar-refractivity contribution is -0.178. The molecule has 0 aromatic rings. The summed E-state index contributed by atoms with van der Waals surface area (Å²) in [5.41, 5.74) is -0.973. The van der Waals surface area contributed by atoms with Crippen molar-refractivity contribution in [1.29, 1.82) is 0 Å². The van der Waals surface area contributed by atoms with Crippen molar-refractivity contribution in [2.24, 2.45) is 28.6 Å². The van der Waals surface area contributed by atoms with Crippen LogP contribution in [0.25, 0.3) is 0 Å². The Kier molecular flexibility index (Phi) is 5.55. The third kappa shape index (κ3) is 3.08. The van der Waals surface area contributed by atoms with E-state index in [9.17, 15) is 19.8 Å². The van der Waals surface area contributed by atoms with Gasteiger partial charge in [-0.1, -0.05) is 19.4 Å². The Balaban J connectivity index is 1.63. The van der Waals surface area contributed by atoms with Crippen molar-refractivity contribution in [1.82, 2.24) is 0 Å². The van der Waals surface area contributed by atoms with Crippen LogP contribution in [0.5, 0.6) is 0 Å². The summed E-state index contributed by atoms with van der Waals surface area (Å²) in [5.74, 6) is 1.31. The van der Waals surface area contributed by atoms with Crippen molar-refractivity contribution in [2.75, 3.05) is 18.1 Å². The summed E-state index contributed by atoms with van der Waals surface area (Å²) in [6.45, 7) is 4.25. The molecule has 0 heterocycles. The van der Waals surface area contributed by atoms with Crippen molar-refractivity contribution < 1.29 is 24.9 Å². The van der Waals surface area contributed by atoms with E-state index in [1.807, 2.05) is 13.0 Å². The number of ketones is 2. The van der Waals surface area contributed by atoms with Gasteiger partial charge >= 0.3 is 0 Å². The van der Waals surface area contributed by atoms with Crippen LogP contribution in [0.4, 0.5) is 0 Å². The lowest BCUT2D eigenvalue weighted by Gasteiger charge is -2.60. The zero-order valence-corrected chi connectivity index (χ0v) is 18.3. The van der Waals surface area contributed by atoms with Gasteiger partial charge in [0.1, 0.15) is 5.60 Å². The molecule has 0 amide bonds. The van der Waals surface area contributed by atoms with Gasteiger partial charge in [-0.25, -0.2) is 0 Å². The average Bonchev–Trinajstić information content (AvgIpc) is 2.94. The molecule has 7 atom stereocenters. The number of carbonyl (C=O) groups is 2. The van der Waals surface area contributed by atoms with Crippen LogP contribution >= 0.6 is 11.8 Å². The summed E-state index contributed by atoms with van der Waals surface area (Å²) >= 11 is 1.36. The maximum atomic E-state index is 13.0. The lowest BCUT2D eigenvalue weighted by atomic mass is 9.45. The maximum absolute atomic E-state index is 13.0. The third-order valence-corrected chi connectivity index (χ3v) is 9.92. The first-order valence-electron chi connectivity index (χ1n) is 11.0. The van der Waals surface area contributed by atoms with Gasteiger partial charge in [-0.15, -0.1) is 0 Å². The highest BCUT2D eigenvalue weighted by molar-refractivity contribution is 7.99. The van der Waals surface area contributed by atoms with Crippen molar-refractivity contribution in [3.05, 3.63) is 11.6 Å². The number of thioether (sulfide) groups is 1. The van der Waals surface area contributed by atoms with Gasteiger partial charge in [-0.3, -0.25) is 9.59 Å². The topological polar surface area (TPSA) is 94.8 Å². The quantitative estimate of drug-likeness (QED) is 0.590. The largest absolute Gasteiger partial charge is 0.396 e. The standard InChI is InChI=1S/C23H34O5S/c1-21-7-5-15(25)11-14(21)3-4-16-17-6-8-23(28,19(27)13-29-10-9-24)22(17,2)12-18(26)20(16)21/h11,16-18,20,24,26,28H,3-10,12-13H2,1-2H3/t16-,17-,18+,20+,21+,22+,23+/m1/s1. The molecule has 0 spiro atoms. The molecule has 0 bridgehead atoms. The van der Waals surface area contributed by atoms with E-state index in [1.54, 1.807) is 0 Å². The van der Waals surface area contributed by atoms with E-state index < -0.39 is 17.1 Å². The Bertz CT molecular complexity index is 735. The van der Waals surface area contributed by atoms with Crippen molar-refractivity contribution in [3.63, 3.8) is 0 Å². The number of aliphatic hydroxyl groups excluding tert-OH is 2. The Hall–Kier alpha value is -0.690. The molecule has 4 rings (SSSR count). The van der Waals surface area contributed by atoms with Crippen LogP contribution < -0.4 is 0 Å². The predicted octanol–water partition coefficient (Wildman–Crippen LogP) is 2.51. The summed E-state index contributed by atoms with van der Waals surface area (Å²) in [4.78, 5) is 25.0. The predicted molar refractivity (Wildman–Crippen MR) is 112 cm³/mol. The molecule has 0 saturated heterocycles. The number of carbonyl (C=O) groups excluding carboxylic acids is 2. The first kappa shape index (κ1) is 21.5. The summed E-state index contributed by atoms with van der Waals surface area (Å²) in [5, 5.41) is 31.9. The van der Waals surface area contributed by atoms with E-state index >= 15 is 0 Å². The van der Waals surface area contributed by atoms with E-state index in [0.717, 1.165) is 25.7 Å². The number of allylic oxidation sites excluding steroid dienone is 1. The zero-order valence-electron chi connectivity index (χ0n) is 17.5. The van der Waals surface area contributed by atoms with Crippen LogP contribution in [-0.2, 0) is 9.59 Å². The molecule has 4 aliphatic carbocycles. The molecule has 0 unspecified atom stereocenters. The smallest absolute Gasteiger partial charge is 0.174 e. The van der Waals surface area contributed by atoms with E-state index in [0.29, 0.717) is 25.0 Å². The normalized spacial score (nSPS) is 46.5. The van der Waals surface area contributed by atoms with Crippen LogP contribution in [0.2, 0.25) is 0 Å². The summed E-state index contributed by atoms with van der Waals surface area (Å²) in [6.07, 6.45) is 6.08. The highest BCUT2D eigenvalue weighted by Crippen LogP contribution is 2.67. The van der Waals surface area contributed by atoms with Crippen LogP contribution in [0.3, 0.4) is 0 Å². The molecule has 162 valence electrons. The number of rotatable bonds is 5. The van der Waals surface area contributed by atoms with Gasteiger partial charge in [0.2, 0.25) is 0 Å². The molecular weight excluding hydrogens is 388 g/mol. The van der Waals surface area contributed by atoms with Gasteiger partial charge in [0, 0.05) is 17.6 Å². The minimum atomic E-state index is -1.40. The molecule has 0 aromatic carbocycles. The van der Waals surface area contributed by atoms with Crippen LogP contribution in [0.15, 0.2) is 11.6 Å². The van der Waals surface area contributed by atoms with Crippen LogP contribution in [-0.4, -0.2) is 56.7 Å². The Labute approximate surface area is 177 Å². The fraction of sp³-hybridized carbons (Fsp3) is 0.826. The monoisotopic (exact) mass is 422 g/mol. The second-order valence-corrected chi connectivity index (χ2v) is 11.3. The van der Waals surface area contributed by atoms with Gasteiger partial charge in [0.05, 0.1) is 18.5 Å². The molecule has 3 fully saturated rings. The van der Waals surface area contributed by atoms with Crippen LogP contribution in [0.1, 0.15) is 58.8 Å². The number of hydrogen-bond donors (Lipinski definition) is 3. The molecular formula is C23H34O5S. The van der Waals surface area contributed by atoms with Gasteiger partial charge in [-0.05, 0) is 67.8 Å². The first-order valence-corrected chi connectivity index (χ1v) is 12.2. The third-order valence-electron chi connectivity index (χ3n) is 8.98. The number of hydrogen-bond acceptors (Lipinski definition) is 6. The Morgan fingerprint density at radius 2 is 2.00 bits per heavy atom. The highest BCUT2D eigenvalue weighted by atomic mass is 32.2. The fourth-order valence-corrected chi connectivity index (χ4v) is 8.20. The number of fused-ring (bicyclic) bond motifs is 5. The minimum absolute atomic E-state index is 0.0235. The summed E-state index contributed by atoms with van der Waals surface area (Å²) in [6, 6.07) is 0. The molecule has 0 radical (unpaired) electrons. The zero-order chi connectivity index (χ0) is 21.0. The number of aliphatic hydroxyl groups is 3. The highest BCUT2D eigenvalue weighted by Gasteiger charge is 2.68. The average molecular weight is 423 g/mol. The first-order chi connectivity index (χ1) is 13.7. The summed E-state index contributed by atoms with van der Waals surface area (Å²) in [7, 11) is 0. The number of Topliss-reactive ketones (excluding diaryl/α,β-unsaturated/α-hetero) is 1. The molecule has 0 aliphatic heterocycles. The van der Waals surface area contributed by atoms with E-state index in [1.165, 1.54) is 17.3 Å². The van der Waals surface area contributed by atoms with E-state index in [2.05, 4.69) is 6.92 Å². The lowest BCUT2D eigenvalue weighted by Crippen LogP contribution is -2.62.